The molecular formula is C20H39N. The zero-order valence-corrected chi connectivity index (χ0v) is 14.8. The van der Waals surface area contributed by atoms with Crippen molar-refractivity contribution in [1.29, 1.82) is 0 Å². The molecule has 0 bridgehead atoms. The maximum atomic E-state index is 4.27. The smallest absolute Gasteiger partial charge is 0.0212 e. The monoisotopic (exact) mass is 293 g/mol. The van der Waals surface area contributed by atoms with Crippen LogP contribution in [-0.2, 0) is 0 Å². The van der Waals surface area contributed by atoms with Gasteiger partial charge < -0.3 is 5.32 Å². The van der Waals surface area contributed by atoms with E-state index in [1.807, 2.05) is 0 Å². The fourth-order valence-corrected chi connectivity index (χ4v) is 4.92. The topological polar surface area (TPSA) is 12.0 Å². The molecule has 21 heavy (non-hydrogen) atoms. The van der Waals surface area contributed by atoms with Gasteiger partial charge in [0.05, 0.1) is 0 Å². The van der Waals surface area contributed by atoms with Crippen LogP contribution in [0.15, 0.2) is 0 Å². The lowest BCUT2D eigenvalue weighted by atomic mass is 9.67. The number of hydrogen-bond acceptors (Lipinski definition) is 1. The molecule has 1 nitrogen and oxygen atoms in total. The van der Waals surface area contributed by atoms with Crippen LogP contribution in [0.4, 0.5) is 0 Å². The molecule has 1 heteroatoms. The molecule has 0 aliphatic heterocycles. The Labute approximate surface area is 133 Å². The minimum atomic E-state index is 0.505. The van der Waals surface area contributed by atoms with Crippen LogP contribution in [0, 0.1) is 5.92 Å². The third-order valence-corrected chi connectivity index (χ3v) is 6.19. The molecular weight excluding hydrogens is 254 g/mol. The van der Waals surface area contributed by atoms with Crippen LogP contribution in [0.1, 0.15) is 110 Å². The molecule has 2 rings (SSSR count). The second kappa shape index (κ2) is 9.18. The summed E-state index contributed by atoms with van der Waals surface area (Å²) in [5.74, 6) is 0.958. The molecule has 2 aliphatic rings. The first-order valence-corrected chi connectivity index (χ1v) is 10.1. The van der Waals surface area contributed by atoms with Gasteiger partial charge in [0.15, 0.2) is 0 Å². The molecule has 1 N–H and O–H groups in total. The average Bonchev–Trinajstić information content (AvgIpc) is 2.53. The van der Waals surface area contributed by atoms with E-state index < -0.39 is 0 Å². The maximum absolute atomic E-state index is 4.27. The van der Waals surface area contributed by atoms with E-state index in [0.717, 1.165) is 12.0 Å². The van der Waals surface area contributed by atoms with Gasteiger partial charge in [-0.25, -0.2) is 0 Å². The van der Waals surface area contributed by atoms with Crippen LogP contribution in [-0.4, -0.2) is 11.6 Å². The van der Waals surface area contributed by atoms with Crippen molar-refractivity contribution in [2.45, 2.75) is 122 Å². The summed E-state index contributed by atoms with van der Waals surface area (Å²) in [5.41, 5.74) is 0.505. The Bertz CT molecular complexity index is 269. The van der Waals surface area contributed by atoms with Gasteiger partial charge in [-0.15, -0.1) is 0 Å². The predicted octanol–water partition coefficient (Wildman–Crippen LogP) is 6.22. The molecule has 0 aromatic rings. The largest absolute Gasteiger partial charge is 0.308 e. The number of unbranched alkanes of at least 4 members (excludes halogenated alkanes) is 2. The van der Waals surface area contributed by atoms with Crippen molar-refractivity contribution in [1.82, 2.24) is 5.32 Å². The van der Waals surface area contributed by atoms with E-state index in [0.29, 0.717) is 5.54 Å². The van der Waals surface area contributed by atoms with E-state index >= 15 is 0 Å². The van der Waals surface area contributed by atoms with Gasteiger partial charge in [0.25, 0.3) is 0 Å². The van der Waals surface area contributed by atoms with Crippen LogP contribution in [0.2, 0.25) is 0 Å². The van der Waals surface area contributed by atoms with Gasteiger partial charge in [-0.05, 0) is 44.4 Å². The van der Waals surface area contributed by atoms with E-state index in [-0.39, 0.29) is 0 Å². The quantitative estimate of drug-likeness (QED) is 0.560. The molecule has 2 atom stereocenters. The highest BCUT2D eigenvalue weighted by molar-refractivity contribution is 4.99. The van der Waals surface area contributed by atoms with Crippen molar-refractivity contribution in [2.75, 3.05) is 0 Å². The fraction of sp³-hybridized carbons (Fsp3) is 1.00. The second-order valence-corrected chi connectivity index (χ2v) is 7.82. The Morgan fingerprint density at radius 3 is 2.29 bits per heavy atom. The van der Waals surface area contributed by atoms with Gasteiger partial charge in [-0.2, -0.15) is 0 Å². The molecule has 0 amide bonds. The third kappa shape index (κ3) is 4.98. The normalized spacial score (nSPS) is 31.4. The summed E-state index contributed by atoms with van der Waals surface area (Å²) >= 11 is 0. The highest BCUT2D eigenvalue weighted by Gasteiger charge is 2.40. The first kappa shape index (κ1) is 17.3. The molecule has 2 fully saturated rings. The zero-order valence-electron chi connectivity index (χ0n) is 14.8. The highest BCUT2D eigenvalue weighted by atomic mass is 15.0. The predicted molar refractivity (Wildman–Crippen MR) is 93.7 cm³/mol. The highest BCUT2D eigenvalue weighted by Crippen LogP contribution is 2.41. The van der Waals surface area contributed by atoms with Crippen LogP contribution in [0.5, 0.6) is 0 Å². The number of hydrogen-bond donors (Lipinski definition) is 1. The van der Waals surface area contributed by atoms with Crippen LogP contribution in [0.3, 0.4) is 0 Å². The van der Waals surface area contributed by atoms with E-state index in [1.54, 1.807) is 0 Å². The maximum Gasteiger partial charge on any atom is 0.0212 e. The van der Waals surface area contributed by atoms with E-state index in [9.17, 15) is 0 Å². The van der Waals surface area contributed by atoms with Crippen LogP contribution >= 0.6 is 0 Å². The summed E-state index contributed by atoms with van der Waals surface area (Å²) in [7, 11) is 0. The van der Waals surface area contributed by atoms with E-state index in [4.69, 9.17) is 0 Å². The lowest BCUT2D eigenvalue weighted by molar-refractivity contribution is 0.0941. The Kier molecular flexibility index (Phi) is 7.57. The number of nitrogens with one attached hydrogen (secondary N) is 1. The van der Waals surface area contributed by atoms with Crippen LogP contribution < -0.4 is 5.32 Å². The molecule has 0 saturated heterocycles. The van der Waals surface area contributed by atoms with Gasteiger partial charge in [0, 0.05) is 11.6 Å². The SMILES string of the molecule is CCCCC1CCCCC1(CCCC)NC1CCCCC1. The fourth-order valence-electron chi connectivity index (χ4n) is 4.92. The molecule has 0 aromatic carbocycles. The summed E-state index contributed by atoms with van der Waals surface area (Å²) in [4.78, 5) is 0. The van der Waals surface area contributed by atoms with Gasteiger partial charge in [0.2, 0.25) is 0 Å². The summed E-state index contributed by atoms with van der Waals surface area (Å²) in [6.07, 6.45) is 21.6. The van der Waals surface area contributed by atoms with Crippen molar-refractivity contribution in [3.05, 3.63) is 0 Å². The van der Waals surface area contributed by atoms with Gasteiger partial charge >= 0.3 is 0 Å². The molecule has 2 aliphatic carbocycles. The van der Waals surface area contributed by atoms with E-state index in [2.05, 4.69) is 19.2 Å². The number of rotatable bonds is 8. The summed E-state index contributed by atoms with van der Waals surface area (Å²) in [5, 5.41) is 4.27. The second-order valence-electron chi connectivity index (χ2n) is 7.82. The third-order valence-electron chi connectivity index (χ3n) is 6.19. The van der Waals surface area contributed by atoms with Crippen molar-refractivity contribution >= 4 is 0 Å². The minimum absolute atomic E-state index is 0.505. The van der Waals surface area contributed by atoms with Crippen molar-refractivity contribution in [3.63, 3.8) is 0 Å². The Morgan fingerprint density at radius 1 is 0.857 bits per heavy atom. The Balaban J connectivity index is 2.03. The lowest BCUT2D eigenvalue weighted by Crippen LogP contribution is -2.57. The molecule has 0 aromatic heterocycles. The van der Waals surface area contributed by atoms with Gasteiger partial charge in [0.1, 0.15) is 0 Å². The average molecular weight is 294 g/mol. The van der Waals surface area contributed by atoms with Gasteiger partial charge in [-0.3, -0.25) is 0 Å². The van der Waals surface area contributed by atoms with Crippen molar-refractivity contribution < 1.29 is 0 Å². The Hall–Kier alpha value is -0.0400. The van der Waals surface area contributed by atoms with E-state index in [1.165, 1.54) is 96.3 Å². The summed E-state index contributed by atoms with van der Waals surface area (Å²) in [6, 6.07) is 0.831. The minimum Gasteiger partial charge on any atom is -0.308 e. The standard InChI is InChI=1S/C20H39N/c1-3-5-12-18-13-10-11-17-20(18,16-6-4-2)21-19-14-8-7-9-15-19/h18-19,21H,3-17H2,1-2H3. The summed E-state index contributed by atoms with van der Waals surface area (Å²) < 4.78 is 0. The summed E-state index contributed by atoms with van der Waals surface area (Å²) in [6.45, 7) is 4.71. The molecule has 0 spiro atoms. The molecule has 0 radical (unpaired) electrons. The van der Waals surface area contributed by atoms with Crippen molar-refractivity contribution in [3.8, 4) is 0 Å². The lowest BCUT2D eigenvalue weighted by Gasteiger charge is -2.48. The van der Waals surface area contributed by atoms with Crippen LogP contribution in [0.25, 0.3) is 0 Å². The molecule has 2 saturated carbocycles. The first-order chi connectivity index (χ1) is 10.3. The Morgan fingerprint density at radius 2 is 1.57 bits per heavy atom. The zero-order chi connectivity index (χ0) is 15.0. The van der Waals surface area contributed by atoms with Gasteiger partial charge in [-0.1, -0.05) is 71.6 Å². The van der Waals surface area contributed by atoms with Crippen molar-refractivity contribution in [2.24, 2.45) is 5.92 Å². The first-order valence-electron chi connectivity index (χ1n) is 10.1. The molecule has 124 valence electrons. The molecule has 0 heterocycles. The molecule has 2 unspecified atom stereocenters.